The van der Waals surface area contributed by atoms with Crippen LogP contribution >= 0.6 is 0 Å². The fraction of sp³-hybridized carbons (Fsp3) is 0.357. The SMILES string of the molecule is CCOC(=O)C1=Cc2cc(C(F)(F)F)ccc2CC1. The third-order valence-electron chi connectivity index (χ3n) is 3.00. The van der Waals surface area contributed by atoms with Gasteiger partial charge in [0.15, 0.2) is 0 Å². The van der Waals surface area contributed by atoms with Crippen LogP contribution in [-0.4, -0.2) is 12.6 Å². The second-order valence-electron chi connectivity index (χ2n) is 4.30. The number of rotatable bonds is 2. The number of ether oxygens (including phenoxy) is 1. The van der Waals surface area contributed by atoms with E-state index < -0.39 is 17.7 Å². The quantitative estimate of drug-likeness (QED) is 0.767. The highest BCUT2D eigenvalue weighted by molar-refractivity contribution is 5.94. The molecule has 0 saturated heterocycles. The first-order chi connectivity index (χ1) is 8.91. The van der Waals surface area contributed by atoms with Gasteiger partial charge in [0.1, 0.15) is 0 Å². The van der Waals surface area contributed by atoms with Crippen LogP contribution in [0.3, 0.4) is 0 Å². The number of carbonyl (C=O) groups is 1. The summed E-state index contributed by atoms with van der Waals surface area (Å²) in [5.74, 6) is -0.453. The Bertz CT molecular complexity index is 530. The number of carbonyl (C=O) groups excluding carboxylic acids is 1. The van der Waals surface area contributed by atoms with Crippen molar-refractivity contribution in [1.29, 1.82) is 0 Å². The monoisotopic (exact) mass is 270 g/mol. The summed E-state index contributed by atoms with van der Waals surface area (Å²) < 4.78 is 42.7. The molecule has 5 heteroatoms. The number of esters is 1. The minimum absolute atomic E-state index is 0.256. The summed E-state index contributed by atoms with van der Waals surface area (Å²) in [6.07, 6.45) is -1.83. The van der Waals surface area contributed by atoms with Crippen molar-refractivity contribution in [3.8, 4) is 0 Å². The van der Waals surface area contributed by atoms with E-state index in [1.54, 1.807) is 6.92 Å². The van der Waals surface area contributed by atoms with Crippen LogP contribution in [0.2, 0.25) is 0 Å². The molecule has 1 aromatic rings. The summed E-state index contributed by atoms with van der Waals surface area (Å²) in [5, 5.41) is 0. The van der Waals surface area contributed by atoms with E-state index >= 15 is 0 Å². The highest BCUT2D eigenvalue weighted by atomic mass is 19.4. The van der Waals surface area contributed by atoms with Crippen LogP contribution in [0.15, 0.2) is 23.8 Å². The number of aryl methyl sites for hydroxylation is 1. The molecule has 0 heterocycles. The van der Waals surface area contributed by atoms with Gasteiger partial charge in [-0.25, -0.2) is 4.79 Å². The topological polar surface area (TPSA) is 26.3 Å². The predicted molar refractivity (Wildman–Crippen MR) is 64.4 cm³/mol. The van der Waals surface area contributed by atoms with Gasteiger partial charge in [0.25, 0.3) is 0 Å². The molecule has 1 aliphatic rings. The Morgan fingerprint density at radius 1 is 1.32 bits per heavy atom. The van der Waals surface area contributed by atoms with Crippen LogP contribution in [0, 0.1) is 0 Å². The number of alkyl halides is 3. The Morgan fingerprint density at radius 2 is 2.05 bits per heavy atom. The van der Waals surface area contributed by atoms with Gasteiger partial charge < -0.3 is 4.74 Å². The van der Waals surface area contributed by atoms with E-state index in [1.807, 2.05) is 0 Å². The molecule has 102 valence electrons. The molecule has 19 heavy (non-hydrogen) atoms. The Morgan fingerprint density at radius 3 is 2.68 bits per heavy atom. The van der Waals surface area contributed by atoms with Gasteiger partial charge in [-0.2, -0.15) is 13.2 Å². The van der Waals surface area contributed by atoms with Crippen LogP contribution in [0.1, 0.15) is 30.0 Å². The summed E-state index contributed by atoms with van der Waals surface area (Å²) in [4.78, 5) is 11.6. The molecule has 0 fully saturated rings. The molecule has 0 atom stereocenters. The van der Waals surface area contributed by atoms with Gasteiger partial charge in [-0.15, -0.1) is 0 Å². The molecule has 0 spiro atoms. The minimum atomic E-state index is -4.37. The van der Waals surface area contributed by atoms with Crippen molar-refractivity contribution in [2.24, 2.45) is 0 Å². The van der Waals surface area contributed by atoms with Gasteiger partial charge in [-0.05, 0) is 49.1 Å². The molecule has 0 N–H and O–H groups in total. The van der Waals surface area contributed by atoms with Gasteiger partial charge in [-0.3, -0.25) is 0 Å². The van der Waals surface area contributed by atoms with E-state index in [9.17, 15) is 18.0 Å². The zero-order valence-electron chi connectivity index (χ0n) is 10.4. The Labute approximate surface area is 108 Å². The molecule has 0 bridgehead atoms. The maximum absolute atomic E-state index is 12.6. The van der Waals surface area contributed by atoms with E-state index in [0.29, 0.717) is 24.0 Å². The van der Waals surface area contributed by atoms with E-state index in [1.165, 1.54) is 12.1 Å². The molecule has 0 radical (unpaired) electrons. The second-order valence-corrected chi connectivity index (χ2v) is 4.30. The normalized spacial score (nSPS) is 14.6. The van der Waals surface area contributed by atoms with Gasteiger partial charge in [0.05, 0.1) is 12.2 Å². The van der Waals surface area contributed by atoms with Crippen LogP contribution < -0.4 is 0 Å². The maximum Gasteiger partial charge on any atom is 0.416 e. The molecule has 0 unspecified atom stereocenters. The average Bonchev–Trinajstić information content (AvgIpc) is 2.36. The number of hydrogen-bond acceptors (Lipinski definition) is 2. The first-order valence-electron chi connectivity index (χ1n) is 5.99. The van der Waals surface area contributed by atoms with Crippen molar-refractivity contribution < 1.29 is 22.7 Å². The molecule has 0 saturated carbocycles. The van der Waals surface area contributed by atoms with Crippen molar-refractivity contribution in [2.75, 3.05) is 6.61 Å². The van der Waals surface area contributed by atoms with Gasteiger partial charge in [-0.1, -0.05) is 6.07 Å². The van der Waals surface area contributed by atoms with E-state index in [-0.39, 0.29) is 6.61 Å². The predicted octanol–water partition coefficient (Wildman–Crippen LogP) is 3.60. The molecular formula is C14H13F3O2. The van der Waals surface area contributed by atoms with E-state index in [0.717, 1.165) is 17.7 Å². The van der Waals surface area contributed by atoms with Gasteiger partial charge in [0.2, 0.25) is 0 Å². The number of fused-ring (bicyclic) bond motifs is 1. The summed E-state index contributed by atoms with van der Waals surface area (Å²) in [7, 11) is 0. The third-order valence-corrected chi connectivity index (χ3v) is 3.00. The fourth-order valence-electron chi connectivity index (χ4n) is 2.05. The molecule has 0 amide bonds. The van der Waals surface area contributed by atoms with Crippen LogP contribution in [-0.2, 0) is 22.1 Å². The summed E-state index contributed by atoms with van der Waals surface area (Å²) in [6.45, 7) is 1.95. The van der Waals surface area contributed by atoms with Crippen LogP contribution in [0.25, 0.3) is 6.08 Å². The molecule has 1 aromatic carbocycles. The van der Waals surface area contributed by atoms with Crippen molar-refractivity contribution in [1.82, 2.24) is 0 Å². The third kappa shape index (κ3) is 2.97. The first kappa shape index (κ1) is 13.6. The Kier molecular flexibility index (Phi) is 3.64. The Hall–Kier alpha value is -1.78. The minimum Gasteiger partial charge on any atom is -0.463 e. The van der Waals surface area contributed by atoms with Crippen molar-refractivity contribution in [3.05, 3.63) is 40.5 Å². The summed E-state index contributed by atoms with van der Waals surface area (Å²) >= 11 is 0. The van der Waals surface area contributed by atoms with Gasteiger partial charge >= 0.3 is 12.1 Å². The lowest BCUT2D eigenvalue weighted by Gasteiger charge is -2.17. The average molecular weight is 270 g/mol. The lowest BCUT2D eigenvalue weighted by Crippen LogP contribution is -2.13. The largest absolute Gasteiger partial charge is 0.463 e. The molecule has 1 aliphatic carbocycles. The van der Waals surface area contributed by atoms with E-state index in [4.69, 9.17) is 4.74 Å². The van der Waals surface area contributed by atoms with Crippen LogP contribution in [0.4, 0.5) is 13.2 Å². The smallest absolute Gasteiger partial charge is 0.416 e. The zero-order valence-corrected chi connectivity index (χ0v) is 10.4. The van der Waals surface area contributed by atoms with Gasteiger partial charge in [0, 0.05) is 5.57 Å². The summed E-state index contributed by atoms with van der Waals surface area (Å²) in [6, 6.07) is 3.62. The summed E-state index contributed by atoms with van der Waals surface area (Å²) in [5.41, 5.74) is 0.992. The first-order valence-corrected chi connectivity index (χ1v) is 5.99. The number of benzene rings is 1. The molecule has 0 aliphatic heterocycles. The highest BCUT2D eigenvalue weighted by Crippen LogP contribution is 2.33. The lowest BCUT2D eigenvalue weighted by atomic mass is 9.91. The maximum atomic E-state index is 12.6. The number of halogens is 3. The number of hydrogen-bond donors (Lipinski definition) is 0. The highest BCUT2D eigenvalue weighted by Gasteiger charge is 2.31. The van der Waals surface area contributed by atoms with Crippen LogP contribution in [0.5, 0.6) is 0 Å². The van der Waals surface area contributed by atoms with Crippen molar-refractivity contribution >= 4 is 12.0 Å². The molecule has 2 nitrogen and oxygen atoms in total. The lowest BCUT2D eigenvalue weighted by molar-refractivity contribution is -0.138. The van der Waals surface area contributed by atoms with E-state index in [2.05, 4.69) is 0 Å². The standard InChI is InChI=1S/C14H13F3O2/c1-2-19-13(18)10-4-3-9-5-6-12(14(15,16)17)8-11(9)7-10/h5-8H,2-4H2,1H3. The molecule has 0 aromatic heterocycles. The van der Waals surface area contributed by atoms with Crippen molar-refractivity contribution in [3.63, 3.8) is 0 Å². The zero-order chi connectivity index (χ0) is 14.0. The van der Waals surface area contributed by atoms with Crippen molar-refractivity contribution in [2.45, 2.75) is 25.9 Å². The Balaban J connectivity index is 2.35. The second kappa shape index (κ2) is 5.07. The fourth-order valence-corrected chi connectivity index (χ4v) is 2.05. The molecular weight excluding hydrogens is 257 g/mol. The molecule has 2 rings (SSSR count).